The molecule has 1 aromatic carbocycles. The van der Waals surface area contributed by atoms with Gasteiger partial charge in [-0.05, 0) is 49.4 Å². The van der Waals surface area contributed by atoms with Crippen LogP contribution in [0.15, 0.2) is 23.1 Å². The number of carboxylic acids is 1. The lowest BCUT2D eigenvalue weighted by Gasteiger charge is -2.23. The van der Waals surface area contributed by atoms with Crippen LogP contribution < -0.4 is 4.74 Å². The zero-order valence-corrected chi connectivity index (χ0v) is 12.3. The molecule has 0 amide bonds. The average Bonchev–Trinajstić information content (AvgIpc) is 2.97. The maximum absolute atomic E-state index is 12.7. The topological polar surface area (TPSA) is 83.9 Å². The summed E-state index contributed by atoms with van der Waals surface area (Å²) in [7, 11) is -3.77. The Bertz CT molecular complexity index is 670. The van der Waals surface area contributed by atoms with E-state index in [0.29, 0.717) is 19.4 Å². The molecule has 0 spiro atoms. The highest BCUT2D eigenvalue weighted by Crippen LogP contribution is 2.31. The summed E-state index contributed by atoms with van der Waals surface area (Å²) in [5, 5.41) is 9.16. The van der Waals surface area contributed by atoms with E-state index in [9.17, 15) is 13.2 Å². The van der Waals surface area contributed by atoms with Gasteiger partial charge in [0.25, 0.3) is 0 Å². The highest BCUT2D eigenvalue weighted by molar-refractivity contribution is 7.89. The van der Waals surface area contributed by atoms with Gasteiger partial charge >= 0.3 is 5.97 Å². The first-order chi connectivity index (χ1) is 10.00. The van der Waals surface area contributed by atoms with Crippen LogP contribution in [0, 0.1) is 0 Å². The van der Waals surface area contributed by atoms with E-state index in [1.807, 2.05) is 0 Å². The number of aryl methyl sites for hydroxylation is 1. The summed E-state index contributed by atoms with van der Waals surface area (Å²) in [5.74, 6) is -0.367. The summed E-state index contributed by atoms with van der Waals surface area (Å²) in [4.78, 5) is 11.3. The maximum atomic E-state index is 12.7. The molecule has 21 heavy (non-hydrogen) atoms. The largest absolute Gasteiger partial charge is 0.493 e. The third kappa shape index (κ3) is 2.51. The molecule has 114 valence electrons. The molecule has 1 unspecified atom stereocenters. The number of ether oxygens (including phenoxy) is 1. The van der Waals surface area contributed by atoms with Crippen LogP contribution >= 0.6 is 0 Å². The summed E-state index contributed by atoms with van der Waals surface area (Å²) in [5.41, 5.74) is 0.869. The third-order valence-corrected chi connectivity index (χ3v) is 5.88. The Morgan fingerprint density at radius 2 is 2.14 bits per heavy atom. The Kier molecular flexibility index (Phi) is 3.62. The van der Waals surface area contributed by atoms with Crippen LogP contribution in [0.5, 0.6) is 5.75 Å². The van der Waals surface area contributed by atoms with Crippen molar-refractivity contribution in [3.8, 4) is 5.75 Å². The first kappa shape index (κ1) is 14.3. The second-order valence-electron chi connectivity index (χ2n) is 5.33. The summed E-state index contributed by atoms with van der Waals surface area (Å²) in [6, 6.07) is 3.81. The van der Waals surface area contributed by atoms with E-state index >= 15 is 0 Å². The number of carboxylic acid groups (broad SMARTS) is 1. The molecule has 1 atom stereocenters. The van der Waals surface area contributed by atoms with E-state index in [1.165, 1.54) is 6.07 Å². The molecule has 1 aromatic rings. The number of sulfonamides is 1. The molecule has 2 aliphatic rings. The molecule has 0 aliphatic carbocycles. The zero-order chi connectivity index (χ0) is 15.0. The molecule has 0 aromatic heterocycles. The summed E-state index contributed by atoms with van der Waals surface area (Å²) in [6.45, 7) is 0.902. The first-order valence-electron chi connectivity index (χ1n) is 7.00. The fourth-order valence-electron chi connectivity index (χ4n) is 2.91. The lowest BCUT2D eigenvalue weighted by atomic mass is 10.1. The number of benzene rings is 1. The molecular weight excluding hydrogens is 294 g/mol. The van der Waals surface area contributed by atoms with Gasteiger partial charge in [-0.25, -0.2) is 8.42 Å². The summed E-state index contributed by atoms with van der Waals surface area (Å²) in [6.07, 6.45) is 2.58. The molecular formula is C14H17NO5S. The summed E-state index contributed by atoms with van der Waals surface area (Å²) >= 11 is 0. The number of aliphatic carboxylic acids is 1. The minimum atomic E-state index is -3.77. The SMILES string of the molecule is O=C(O)C1CCCN1S(=O)(=O)c1ccc2c(c1)CCCO2. The van der Waals surface area contributed by atoms with Gasteiger partial charge in [-0.1, -0.05) is 0 Å². The quantitative estimate of drug-likeness (QED) is 0.908. The second kappa shape index (κ2) is 5.31. The minimum Gasteiger partial charge on any atom is -0.493 e. The van der Waals surface area contributed by atoms with Crippen LogP contribution in [0.1, 0.15) is 24.8 Å². The van der Waals surface area contributed by atoms with E-state index < -0.39 is 22.0 Å². The average molecular weight is 311 g/mol. The van der Waals surface area contributed by atoms with E-state index in [2.05, 4.69) is 0 Å². The number of hydrogen-bond acceptors (Lipinski definition) is 4. The molecule has 0 radical (unpaired) electrons. The van der Waals surface area contributed by atoms with Crippen LogP contribution in [-0.2, 0) is 21.2 Å². The Morgan fingerprint density at radius 1 is 1.33 bits per heavy atom. The highest BCUT2D eigenvalue weighted by Gasteiger charge is 2.39. The maximum Gasteiger partial charge on any atom is 0.322 e. The van der Waals surface area contributed by atoms with E-state index in [4.69, 9.17) is 9.84 Å². The van der Waals surface area contributed by atoms with E-state index in [0.717, 1.165) is 28.5 Å². The van der Waals surface area contributed by atoms with Crippen molar-refractivity contribution in [3.63, 3.8) is 0 Å². The van der Waals surface area contributed by atoms with Crippen molar-refractivity contribution in [2.24, 2.45) is 0 Å². The van der Waals surface area contributed by atoms with Crippen LogP contribution in [0.25, 0.3) is 0 Å². The van der Waals surface area contributed by atoms with Gasteiger partial charge < -0.3 is 9.84 Å². The fraction of sp³-hybridized carbons (Fsp3) is 0.500. The van der Waals surface area contributed by atoms with Crippen molar-refractivity contribution < 1.29 is 23.1 Å². The van der Waals surface area contributed by atoms with Gasteiger partial charge in [-0.2, -0.15) is 4.31 Å². The van der Waals surface area contributed by atoms with E-state index in [-0.39, 0.29) is 11.4 Å². The summed E-state index contributed by atoms with van der Waals surface area (Å²) < 4.78 is 31.9. The molecule has 1 N–H and O–H groups in total. The van der Waals surface area contributed by atoms with Crippen LogP contribution in [0.3, 0.4) is 0 Å². The van der Waals surface area contributed by atoms with Crippen molar-refractivity contribution in [1.82, 2.24) is 4.31 Å². The Morgan fingerprint density at radius 3 is 2.90 bits per heavy atom. The highest BCUT2D eigenvalue weighted by atomic mass is 32.2. The van der Waals surface area contributed by atoms with Gasteiger partial charge in [0.15, 0.2) is 0 Å². The van der Waals surface area contributed by atoms with Crippen molar-refractivity contribution in [1.29, 1.82) is 0 Å². The van der Waals surface area contributed by atoms with Gasteiger partial charge in [0.1, 0.15) is 11.8 Å². The zero-order valence-electron chi connectivity index (χ0n) is 11.5. The molecule has 3 rings (SSSR count). The predicted molar refractivity (Wildman–Crippen MR) is 74.8 cm³/mol. The lowest BCUT2D eigenvalue weighted by molar-refractivity contribution is -0.140. The molecule has 6 nitrogen and oxygen atoms in total. The Balaban J connectivity index is 1.96. The molecule has 1 saturated heterocycles. The monoisotopic (exact) mass is 311 g/mol. The smallest absolute Gasteiger partial charge is 0.322 e. The van der Waals surface area contributed by atoms with Gasteiger partial charge in [0, 0.05) is 6.54 Å². The van der Waals surface area contributed by atoms with Gasteiger partial charge in [0.05, 0.1) is 11.5 Å². The number of rotatable bonds is 3. The molecule has 2 aliphatic heterocycles. The predicted octanol–water partition coefficient (Wildman–Crippen LogP) is 1.25. The number of fused-ring (bicyclic) bond motifs is 1. The van der Waals surface area contributed by atoms with Crippen LogP contribution in [0.2, 0.25) is 0 Å². The van der Waals surface area contributed by atoms with E-state index in [1.54, 1.807) is 12.1 Å². The molecule has 2 heterocycles. The first-order valence-corrected chi connectivity index (χ1v) is 8.44. The Hall–Kier alpha value is -1.60. The van der Waals surface area contributed by atoms with Crippen LogP contribution in [-0.4, -0.2) is 43.0 Å². The van der Waals surface area contributed by atoms with Crippen molar-refractivity contribution in [2.45, 2.75) is 36.6 Å². The number of nitrogens with zero attached hydrogens (tertiary/aromatic N) is 1. The minimum absolute atomic E-state index is 0.153. The van der Waals surface area contributed by atoms with Crippen LogP contribution in [0.4, 0.5) is 0 Å². The van der Waals surface area contributed by atoms with Crippen molar-refractivity contribution in [3.05, 3.63) is 23.8 Å². The lowest BCUT2D eigenvalue weighted by Crippen LogP contribution is -2.40. The second-order valence-corrected chi connectivity index (χ2v) is 7.22. The van der Waals surface area contributed by atoms with Gasteiger partial charge in [-0.3, -0.25) is 4.79 Å². The molecule has 7 heteroatoms. The number of carbonyl (C=O) groups is 1. The van der Waals surface area contributed by atoms with Crippen molar-refractivity contribution >= 4 is 16.0 Å². The van der Waals surface area contributed by atoms with Gasteiger partial charge in [-0.15, -0.1) is 0 Å². The third-order valence-electron chi connectivity index (χ3n) is 3.98. The standard InChI is InChI=1S/C14H17NO5S/c16-14(17)12-4-1-7-15(12)21(18,19)11-5-6-13-10(9-11)3-2-8-20-13/h5-6,9,12H,1-4,7-8H2,(H,16,17). The Labute approximate surface area is 123 Å². The molecule has 1 fully saturated rings. The normalized spacial score (nSPS) is 22.6. The fourth-order valence-corrected chi connectivity index (χ4v) is 4.61. The molecule has 0 bridgehead atoms. The molecule has 0 saturated carbocycles. The van der Waals surface area contributed by atoms with Crippen molar-refractivity contribution in [2.75, 3.05) is 13.2 Å². The number of hydrogen-bond donors (Lipinski definition) is 1. The van der Waals surface area contributed by atoms with Gasteiger partial charge in [0.2, 0.25) is 10.0 Å².